The summed E-state index contributed by atoms with van der Waals surface area (Å²) in [6.45, 7) is 5.59. The number of nitrogens with zero attached hydrogens (tertiary/aromatic N) is 4. The summed E-state index contributed by atoms with van der Waals surface area (Å²) in [6.07, 6.45) is 1.70. The van der Waals surface area contributed by atoms with Crippen LogP contribution in [0, 0.1) is 0 Å². The summed E-state index contributed by atoms with van der Waals surface area (Å²) in [4.78, 5) is 52.2. The molecule has 0 aliphatic carbocycles. The fraction of sp³-hybridized carbons (Fsp3) is 0.778. The molecule has 30 heavy (non-hydrogen) atoms. The molecule has 176 valence electrons. The molecule has 1 heterocycles. The Morgan fingerprint density at radius 1 is 0.600 bits per heavy atom. The Morgan fingerprint density at radius 2 is 0.833 bits per heavy atom. The zero-order chi connectivity index (χ0) is 23.4. The van der Waals surface area contributed by atoms with Crippen molar-refractivity contribution in [3.05, 3.63) is 0 Å². The minimum Gasteiger partial charge on any atom is -0.369 e. The molecule has 0 aromatic rings. The Labute approximate surface area is 179 Å². The first kappa shape index (κ1) is 30.2. The first-order valence-corrected chi connectivity index (χ1v) is 9.93. The summed E-state index contributed by atoms with van der Waals surface area (Å²) in [5.74, 6) is -0.838. The van der Waals surface area contributed by atoms with Crippen LogP contribution in [0.15, 0.2) is 0 Å². The van der Waals surface area contributed by atoms with E-state index in [0.29, 0.717) is 65.4 Å². The molecule has 0 aromatic carbocycles. The molecule has 8 N–H and O–H groups in total. The van der Waals surface area contributed by atoms with Crippen molar-refractivity contribution < 1.29 is 19.2 Å². The van der Waals surface area contributed by atoms with Crippen LogP contribution in [0.2, 0.25) is 0 Å². The van der Waals surface area contributed by atoms with Gasteiger partial charge in [0.05, 0.1) is 26.2 Å². The van der Waals surface area contributed by atoms with Crippen molar-refractivity contribution in [3.63, 3.8) is 0 Å². The Balaban J connectivity index is 0. The Morgan fingerprint density at radius 3 is 1.03 bits per heavy atom. The number of nitrogens with two attached hydrogens (primary N) is 4. The quantitative estimate of drug-likeness (QED) is 0.274. The third-order valence-electron chi connectivity index (χ3n) is 4.35. The van der Waals surface area contributed by atoms with E-state index in [2.05, 4.69) is 11.5 Å². The summed E-state index contributed by atoms with van der Waals surface area (Å²) < 4.78 is 0. The predicted octanol–water partition coefficient (Wildman–Crippen LogP) is -4.27. The van der Waals surface area contributed by atoms with E-state index in [1.807, 2.05) is 19.6 Å². The SMILES string of the molecule is CN.CN.NC(=O)CN1CCN(CC=O)CCN(CC=O)CCN(CC(N)=O)CC1. The molecule has 12 nitrogen and oxygen atoms in total. The van der Waals surface area contributed by atoms with Crippen LogP contribution in [0.3, 0.4) is 0 Å². The summed E-state index contributed by atoms with van der Waals surface area (Å²) in [7, 11) is 3.00. The normalized spacial score (nSPS) is 17.7. The van der Waals surface area contributed by atoms with Crippen LogP contribution in [-0.2, 0) is 19.2 Å². The summed E-state index contributed by atoms with van der Waals surface area (Å²) in [6, 6.07) is 0. The minimum absolute atomic E-state index is 0.122. The largest absolute Gasteiger partial charge is 0.369 e. The number of amides is 2. The van der Waals surface area contributed by atoms with Crippen LogP contribution in [0.1, 0.15) is 0 Å². The molecule has 0 saturated carbocycles. The Kier molecular flexibility index (Phi) is 20.5. The molecule has 12 heteroatoms. The molecule has 1 fully saturated rings. The van der Waals surface area contributed by atoms with E-state index in [1.54, 1.807) is 0 Å². The highest BCUT2D eigenvalue weighted by Gasteiger charge is 2.18. The first-order valence-electron chi connectivity index (χ1n) is 9.93. The maximum atomic E-state index is 11.3. The van der Waals surface area contributed by atoms with Crippen molar-refractivity contribution in [1.29, 1.82) is 0 Å². The minimum atomic E-state index is -0.419. The molecule has 0 spiro atoms. The average Bonchev–Trinajstić information content (AvgIpc) is 2.72. The van der Waals surface area contributed by atoms with Gasteiger partial charge in [-0.15, -0.1) is 0 Å². The van der Waals surface area contributed by atoms with E-state index in [4.69, 9.17) is 11.5 Å². The van der Waals surface area contributed by atoms with E-state index in [-0.39, 0.29) is 13.1 Å². The molecular formula is C18H40N8O4. The van der Waals surface area contributed by atoms with Crippen molar-refractivity contribution in [2.24, 2.45) is 22.9 Å². The average molecular weight is 433 g/mol. The van der Waals surface area contributed by atoms with Gasteiger partial charge in [0.15, 0.2) is 0 Å². The first-order chi connectivity index (χ1) is 14.4. The third kappa shape index (κ3) is 15.9. The van der Waals surface area contributed by atoms with Crippen molar-refractivity contribution in [3.8, 4) is 0 Å². The third-order valence-corrected chi connectivity index (χ3v) is 4.35. The number of carbonyl (C=O) groups excluding carboxylic acids is 4. The zero-order valence-electron chi connectivity index (χ0n) is 18.4. The van der Waals surface area contributed by atoms with Gasteiger partial charge in [0.1, 0.15) is 12.6 Å². The topological polar surface area (TPSA) is 185 Å². The molecule has 0 unspecified atom stereocenters. The fourth-order valence-electron chi connectivity index (χ4n) is 2.91. The van der Waals surface area contributed by atoms with E-state index >= 15 is 0 Å². The maximum Gasteiger partial charge on any atom is 0.231 e. The van der Waals surface area contributed by atoms with Gasteiger partial charge < -0.3 is 32.5 Å². The second-order valence-corrected chi connectivity index (χ2v) is 6.42. The lowest BCUT2D eigenvalue weighted by Crippen LogP contribution is -2.49. The molecule has 1 rings (SSSR count). The van der Waals surface area contributed by atoms with E-state index in [9.17, 15) is 19.2 Å². The van der Waals surface area contributed by atoms with Crippen LogP contribution in [0.25, 0.3) is 0 Å². The van der Waals surface area contributed by atoms with Gasteiger partial charge in [-0.05, 0) is 14.1 Å². The van der Waals surface area contributed by atoms with Crippen LogP contribution < -0.4 is 22.9 Å². The van der Waals surface area contributed by atoms with Crippen LogP contribution in [-0.4, -0.2) is 137 Å². The number of primary amides is 2. The Hall–Kier alpha value is -1.96. The molecule has 0 atom stereocenters. The highest BCUT2D eigenvalue weighted by atomic mass is 16.2. The summed E-state index contributed by atoms with van der Waals surface area (Å²) >= 11 is 0. The molecule has 0 bridgehead atoms. The summed E-state index contributed by atoms with van der Waals surface area (Å²) in [5.41, 5.74) is 19.6. The number of carbonyl (C=O) groups is 4. The lowest BCUT2D eigenvalue weighted by molar-refractivity contribution is -0.120. The number of aldehydes is 2. The van der Waals surface area contributed by atoms with E-state index < -0.39 is 11.8 Å². The predicted molar refractivity (Wildman–Crippen MR) is 116 cm³/mol. The molecule has 0 aromatic heterocycles. The summed E-state index contributed by atoms with van der Waals surface area (Å²) in [5, 5.41) is 0. The van der Waals surface area contributed by atoms with Gasteiger partial charge in [-0.25, -0.2) is 0 Å². The lowest BCUT2D eigenvalue weighted by atomic mass is 10.3. The molecule has 1 saturated heterocycles. The van der Waals surface area contributed by atoms with Gasteiger partial charge >= 0.3 is 0 Å². The van der Waals surface area contributed by atoms with Crippen molar-refractivity contribution in [2.45, 2.75) is 0 Å². The maximum absolute atomic E-state index is 11.3. The number of rotatable bonds is 8. The molecule has 1 aliphatic heterocycles. The lowest BCUT2D eigenvalue weighted by Gasteiger charge is -2.32. The van der Waals surface area contributed by atoms with Gasteiger partial charge in [-0.3, -0.25) is 29.2 Å². The molecule has 1 aliphatic rings. The van der Waals surface area contributed by atoms with Crippen molar-refractivity contribution >= 4 is 24.4 Å². The monoisotopic (exact) mass is 432 g/mol. The van der Waals surface area contributed by atoms with Gasteiger partial charge in [-0.2, -0.15) is 0 Å². The second-order valence-electron chi connectivity index (χ2n) is 6.42. The van der Waals surface area contributed by atoms with Crippen molar-refractivity contribution in [2.75, 3.05) is 92.6 Å². The zero-order valence-corrected chi connectivity index (χ0v) is 18.4. The standard InChI is InChI=1S/C16H30N6O4.2CH5N/c17-15(25)13-21-5-3-19(9-11-23)1-2-20(10-12-24)4-6-22(8-7-21)14-16(18)26;2*1-2/h11-12H,1-10,13-14H2,(H2,17,25)(H2,18,26);2*2H2,1H3. The fourth-order valence-corrected chi connectivity index (χ4v) is 2.91. The van der Waals surface area contributed by atoms with Gasteiger partial charge in [0.25, 0.3) is 0 Å². The highest BCUT2D eigenvalue weighted by molar-refractivity contribution is 5.76. The van der Waals surface area contributed by atoms with Gasteiger partial charge in [0, 0.05) is 52.4 Å². The van der Waals surface area contributed by atoms with Gasteiger partial charge in [-0.1, -0.05) is 0 Å². The highest BCUT2D eigenvalue weighted by Crippen LogP contribution is 2.00. The number of hydrogen-bond acceptors (Lipinski definition) is 10. The van der Waals surface area contributed by atoms with Crippen LogP contribution in [0.5, 0.6) is 0 Å². The van der Waals surface area contributed by atoms with Crippen LogP contribution in [0.4, 0.5) is 0 Å². The smallest absolute Gasteiger partial charge is 0.231 e. The number of hydrogen-bond donors (Lipinski definition) is 4. The Bertz CT molecular complexity index is 439. The van der Waals surface area contributed by atoms with E-state index in [0.717, 1.165) is 12.6 Å². The molecular weight excluding hydrogens is 392 g/mol. The second kappa shape index (κ2) is 20.3. The van der Waals surface area contributed by atoms with Crippen molar-refractivity contribution in [1.82, 2.24) is 19.6 Å². The molecule has 0 radical (unpaired) electrons. The van der Waals surface area contributed by atoms with Gasteiger partial charge in [0.2, 0.25) is 11.8 Å². The molecule has 2 amide bonds. The van der Waals surface area contributed by atoms with E-state index in [1.165, 1.54) is 14.1 Å². The van der Waals surface area contributed by atoms with Crippen LogP contribution >= 0.6 is 0 Å².